The number of rotatable bonds is 7. The van der Waals surface area contributed by atoms with E-state index >= 15 is 0 Å². The number of piperidine rings is 1. The van der Waals surface area contributed by atoms with Crippen LogP contribution in [0, 0.1) is 0 Å². The van der Waals surface area contributed by atoms with Crippen molar-refractivity contribution in [1.29, 1.82) is 0 Å². The van der Waals surface area contributed by atoms with Crippen LogP contribution in [-0.2, 0) is 4.79 Å². The molecule has 1 aliphatic heterocycles. The number of hydrogen-bond acceptors (Lipinski definition) is 3. The van der Waals surface area contributed by atoms with Gasteiger partial charge in [-0.2, -0.15) is 0 Å². The molecule has 0 aromatic heterocycles. The van der Waals surface area contributed by atoms with Gasteiger partial charge in [0.1, 0.15) is 0 Å². The van der Waals surface area contributed by atoms with Crippen molar-refractivity contribution in [1.82, 2.24) is 10.2 Å². The molecule has 0 atom stereocenters. The zero-order chi connectivity index (χ0) is 11.8. The SMILES string of the molecule is CN(CCCCCC(=O)O)C1CCNCC1. The molecule has 2 N–H and O–H groups in total. The summed E-state index contributed by atoms with van der Waals surface area (Å²) in [7, 11) is 2.19. The lowest BCUT2D eigenvalue weighted by Gasteiger charge is -2.31. The van der Waals surface area contributed by atoms with E-state index in [4.69, 9.17) is 5.11 Å². The molecule has 0 bridgehead atoms. The first kappa shape index (κ1) is 13.5. The number of carbonyl (C=O) groups is 1. The van der Waals surface area contributed by atoms with Crippen LogP contribution in [0.4, 0.5) is 0 Å². The molecule has 0 aliphatic carbocycles. The Balaban J connectivity index is 2.00. The van der Waals surface area contributed by atoms with E-state index in [1.165, 1.54) is 12.8 Å². The predicted molar refractivity (Wildman–Crippen MR) is 64.6 cm³/mol. The molecule has 0 aromatic rings. The van der Waals surface area contributed by atoms with E-state index in [0.717, 1.165) is 44.9 Å². The Bertz CT molecular complexity index is 203. The van der Waals surface area contributed by atoms with Gasteiger partial charge in [0.2, 0.25) is 0 Å². The van der Waals surface area contributed by atoms with E-state index < -0.39 is 5.97 Å². The molecule has 0 spiro atoms. The molecule has 0 radical (unpaired) electrons. The second-order valence-electron chi connectivity index (χ2n) is 4.67. The van der Waals surface area contributed by atoms with Crippen molar-refractivity contribution in [3.05, 3.63) is 0 Å². The van der Waals surface area contributed by atoms with Crippen molar-refractivity contribution in [2.75, 3.05) is 26.7 Å². The van der Waals surface area contributed by atoms with Gasteiger partial charge in [0.05, 0.1) is 0 Å². The topological polar surface area (TPSA) is 52.6 Å². The summed E-state index contributed by atoms with van der Waals surface area (Å²) >= 11 is 0. The third-order valence-electron chi connectivity index (χ3n) is 3.33. The molecule has 0 aromatic carbocycles. The Morgan fingerprint density at radius 1 is 1.31 bits per heavy atom. The first-order valence-corrected chi connectivity index (χ1v) is 6.33. The minimum atomic E-state index is -0.674. The number of nitrogens with zero attached hydrogens (tertiary/aromatic N) is 1. The smallest absolute Gasteiger partial charge is 0.303 e. The Hall–Kier alpha value is -0.610. The molecular weight excluding hydrogens is 204 g/mol. The van der Waals surface area contributed by atoms with Gasteiger partial charge in [-0.15, -0.1) is 0 Å². The van der Waals surface area contributed by atoms with E-state index in [2.05, 4.69) is 17.3 Å². The molecule has 1 rings (SSSR count). The van der Waals surface area contributed by atoms with Gasteiger partial charge >= 0.3 is 5.97 Å². The van der Waals surface area contributed by atoms with E-state index in [0.29, 0.717) is 6.42 Å². The van der Waals surface area contributed by atoms with Crippen LogP contribution in [0.25, 0.3) is 0 Å². The monoisotopic (exact) mass is 228 g/mol. The summed E-state index contributed by atoms with van der Waals surface area (Å²) in [4.78, 5) is 12.8. The van der Waals surface area contributed by atoms with Crippen LogP contribution in [0.2, 0.25) is 0 Å². The molecule has 4 nitrogen and oxygen atoms in total. The first-order valence-electron chi connectivity index (χ1n) is 6.33. The normalized spacial score (nSPS) is 17.9. The first-order chi connectivity index (χ1) is 7.70. The summed E-state index contributed by atoms with van der Waals surface area (Å²) in [6, 6.07) is 0.723. The average molecular weight is 228 g/mol. The van der Waals surface area contributed by atoms with Crippen molar-refractivity contribution >= 4 is 5.97 Å². The van der Waals surface area contributed by atoms with Crippen LogP contribution in [0.5, 0.6) is 0 Å². The quantitative estimate of drug-likeness (QED) is 0.645. The lowest BCUT2D eigenvalue weighted by molar-refractivity contribution is -0.137. The standard InChI is InChI=1S/C12H24N2O2/c1-14(11-6-8-13-9-7-11)10-4-2-3-5-12(15)16/h11,13H,2-10H2,1H3,(H,15,16). The zero-order valence-corrected chi connectivity index (χ0v) is 10.2. The highest BCUT2D eigenvalue weighted by Crippen LogP contribution is 2.11. The lowest BCUT2D eigenvalue weighted by Crippen LogP contribution is -2.41. The fourth-order valence-corrected chi connectivity index (χ4v) is 2.24. The number of nitrogens with one attached hydrogen (secondary N) is 1. The van der Waals surface area contributed by atoms with Gasteiger partial charge in [0, 0.05) is 12.5 Å². The Morgan fingerprint density at radius 3 is 2.62 bits per heavy atom. The van der Waals surface area contributed by atoms with E-state index in [1.807, 2.05) is 0 Å². The summed E-state index contributed by atoms with van der Waals surface area (Å²) < 4.78 is 0. The van der Waals surface area contributed by atoms with E-state index in [1.54, 1.807) is 0 Å². The van der Waals surface area contributed by atoms with Crippen LogP contribution < -0.4 is 5.32 Å². The molecule has 16 heavy (non-hydrogen) atoms. The van der Waals surface area contributed by atoms with Gasteiger partial charge in [0.25, 0.3) is 0 Å². The van der Waals surface area contributed by atoms with Crippen LogP contribution in [0.15, 0.2) is 0 Å². The van der Waals surface area contributed by atoms with Crippen molar-refractivity contribution in [3.8, 4) is 0 Å². The van der Waals surface area contributed by atoms with Crippen molar-refractivity contribution in [2.24, 2.45) is 0 Å². The zero-order valence-electron chi connectivity index (χ0n) is 10.2. The Morgan fingerprint density at radius 2 is 2.00 bits per heavy atom. The molecule has 0 amide bonds. The summed E-state index contributed by atoms with van der Waals surface area (Å²) in [6.45, 7) is 3.37. The largest absolute Gasteiger partial charge is 0.481 e. The van der Waals surface area contributed by atoms with Crippen LogP contribution >= 0.6 is 0 Å². The maximum absolute atomic E-state index is 10.3. The fourth-order valence-electron chi connectivity index (χ4n) is 2.24. The third kappa shape index (κ3) is 5.47. The maximum atomic E-state index is 10.3. The van der Waals surface area contributed by atoms with Crippen molar-refractivity contribution in [2.45, 2.75) is 44.6 Å². The van der Waals surface area contributed by atoms with Gasteiger partial charge in [-0.25, -0.2) is 0 Å². The van der Waals surface area contributed by atoms with Gasteiger partial charge in [-0.3, -0.25) is 4.79 Å². The molecular formula is C12H24N2O2. The van der Waals surface area contributed by atoms with Crippen LogP contribution in [-0.4, -0.2) is 48.7 Å². The summed E-state index contributed by atoms with van der Waals surface area (Å²) in [6.07, 6.45) is 5.76. The summed E-state index contributed by atoms with van der Waals surface area (Å²) in [5.74, 6) is -0.674. The van der Waals surface area contributed by atoms with Gasteiger partial charge in [0.15, 0.2) is 0 Å². The summed E-state index contributed by atoms with van der Waals surface area (Å²) in [5.41, 5.74) is 0. The lowest BCUT2D eigenvalue weighted by atomic mass is 10.0. The second-order valence-corrected chi connectivity index (χ2v) is 4.67. The number of carboxylic acid groups (broad SMARTS) is 1. The molecule has 94 valence electrons. The van der Waals surface area contributed by atoms with Crippen molar-refractivity contribution in [3.63, 3.8) is 0 Å². The highest BCUT2D eigenvalue weighted by molar-refractivity contribution is 5.66. The molecule has 4 heteroatoms. The molecule has 0 saturated carbocycles. The third-order valence-corrected chi connectivity index (χ3v) is 3.33. The van der Waals surface area contributed by atoms with E-state index in [9.17, 15) is 4.79 Å². The van der Waals surface area contributed by atoms with Crippen molar-refractivity contribution < 1.29 is 9.90 Å². The number of unbranched alkanes of at least 4 members (excludes halogenated alkanes) is 2. The van der Waals surface area contributed by atoms with Crippen LogP contribution in [0.3, 0.4) is 0 Å². The highest BCUT2D eigenvalue weighted by Gasteiger charge is 2.16. The molecule has 0 unspecified atom stereocenters. The maximum Gasteiger partial charge on any atom is 0.303 e. The van der Waals surface area contributed by atoms with Gasteiger partial charge < -0.3 is 15.3 Å². The van der Waals surface area contributed by atoms with Gasteiger partial charge in [-0.1, -0.05) is 6.42 Å². The fraction of sp³-hybridized carbons (Fsp3) is 0.917. The number of carboxylic acids is 1. The minimum absolute atomic E-state index is 0.317. The number of hydrogen-bond donors (Lipinski definition) is 2. The van der Waals surface area contributed by atoms with Crippen LogP contribution in [0.1, 0.15) is 38.5 Å². The second kappa shape index (κ2) is 7.63. The Labute approximate surface area is 98.0 Å². The number of aliphatic carboxylic acids is 1. The molecule has 1 saturated heterocycles. The minimum Gasteiger partial charge on any atom is -0.481 e. The summed E-state index contributed by atoms with van der Waals surface area (Å²) in [5, 5.41) is 11.9. The average Bonchev–Trinajstić information content (AvgIpc) is 2.29. The predicted octanol–water partition coefficient (Wildman–Crippen LogP) is 1.32. The Kier molecular flexibility index (Phi) is 6.42. The molecule has 1 heterocycles. The van der Waals surface area contributed by atoms with Gasteiger partial charge in [-0.05, 0) is 52.4 Å². The molecule has 1 aliphatic rings. The molecule has 1 fully saturated rings. The highest BCUT2D eigenvalue weighted by atomic mass is 16.4. The van der Waals surface area contributed by atoms with E-state index in [-0.39, 0.29) is 0 Å².